The maximum atomic E-state index is 8.78. The minimum atomic E-state index is 0.0381. The van der Waals surface area contributed by atoms with Gasteiger partial charge in [-0.25, -0.2) is 9.97 Å². The molecule has 0 bridgehead atoms. The average Bonchev–Trinajstić information content (AvgIpc) is 3.18. The molecule has 4 aromatic heterocycles. The van der Waals surface area contributed by atoms with E-state index in [1.54, 1.807) is 12.4 Å². The van der Waals surface area contributed by atoms with Crippen LogP contribution in [-0.2, 0) is 13.2 Å². The molecular formula is C16H16N4O2. The van der Waals surface area contributed by atoms with Gasteiger partial charge in [-0.2, -0.15) is 0 Å². The minimum absolute atomic E-state index is 0.0381. The lowest BCUT2D eigenvalue weighted by molar-refractivity contribution is 0.277. The number of aliphatic hydroxyl groups is 2. The van der Waals surface area contributed by atoms with Crippen molar-refractivity contribution >= 4 is 22.1 Å². The summed E-state index contributed by atoms with van der Waals surface area (Å²) in [6.07, 6.45) is 3.44. The number of pyridine rings is 2. The summed E-state index contributed by atoms with van der Waals surface area (Å²) in [6, 6.07) is 11.4. The Labute approximate surface area is 126 Å². The molecule has 4 heterocycles. The summed E-state index contributed by atoms with van der Waals surface area (Å²) < 4.78 is 0. The predicted octanol–water partition coefficient (Wildman–Crippen LogP) is 2.11. The highest BCUT2D eigenvalue weighted by Gasteiger charge is 1.98. The highest BCUT2D eigenvalue weighted by atomic mass is 16.3. The third-order valence-corrected chi connectivity index (χ3v) is 3.24. The molecule has 6 nitrogen and oxygen atoms in total. The Morgan fingerprint density at radius 3 is 1.59 bits per heavy atom. The van der Waals surface area contributed by atoms with Gasteiger partial charge in [0.1, 0.15) is 11.3 Å². The second-order valence-corrected chi connectivity index (χ2v) is 4.79. The standard InChI is InChI=1S/2C8H8N2O/c2*11-5-7-4-6-2-1-3-9-8(6)10-7/h2*1-4,11H,5H2,(H,9,10). The van der Waals surface area contributed by atoms with E-state index in [2.05, 4.69) is 19.9 Å². The lowest BCUT2D eigenvalue weighted by Gasteiger charge is -1.84. The number of aliphatic hydroxyl groups excluding tert-OH is 2. The van der Waals surface area contributed by atoms with E-state index in [1.807, 2.05) is 36.4 Å². The zero-order chi connectivity index (χ0) is 15.4. The molecule has 4 N–H and O–H groups in total. The SMILES string of the molecule is OCc1cc2cccnc2[nH]1.OCc1cc2cccnc2[nH]1. The monoisotopic (exact) mass is 296 g/mol. The molecule has 0 aromatic carbocycles. The first-order valence-electron chi connectivity index (χ1n) is 6.87. The number of rotatable bonds is 2. The first-order chi connectivity index (χ1) is 10.8. The molecule has 22 heavy (non-hydrogen) atoms. The predicted molar refractivity (Wildman–Crippen MR) is 84.0 cm³/mol. The minimum Gasteiger partial charge on any atom is -0.390 e. The van der Waals surface area contributed by atoms with Crippen molar-refractivity contribution in [2.75, 3.05) is 0 Å². The Hall–Kier alpha value is -2.70. The van der Waals surface area contributed by atoms with Crippen LogP contribution in [0.3, 0.4) is 0 Å². The molecule has 4 aromatic rings. The van der Waals surface area contributed by atoms with E-state index in [9.17, 15) is 0 Å². The normalized spacial score (nSPS) is 10.6. The van der Waals surface area contributed by atoms with Crippen LogP contribution < -0.4 is 0 Å². The number of hydrogen-bond acceptors (Lipinski definition) is 4. The van der Waals surface area contributed by atoms with Gasteiger partial charge in [0.25, 0.3) is 0 Å². The molecule has 0 radical (unpaired) electrons. The van der Waals surface area contributed by atoms with Crippen LogP contribution in [0.4, 0.5) is 0 Å². The van der Waals surface area contributed by atoms with Gasteiger partial charge in [-0.05, 0) is 36.4 Å². The van der Waals surface area contributed by atoms with Crippen LogP contribution in [0.5, 0.6) is 0 Å². The smallest absolute Gasteiger partial charge is 0.137 e. The largest absolute Gasteiger partial charge is 0.390 e. The Bertz CT molecular complexity index is 742. The van der Waals surface area contributed by atoms with Crippen molar-refractivity contribution < 1.29 is 10.2 Å². The van der Waals surface area contributed by atoms with E-state index in [0.717, 1.165) is 33.5 Å². The summed E-state index contributed by atoms with van der Waals surface area (Å²) in [4.78, 5) is 14.1. The quantitative estimate of drug-likeness (QED) is 0.455. The highest BCUT2D eigenvalue weighted by molar-refractivity contribution is 5.76. The lowest BCUT2D eigenvalue weighted by atomic mass is 10.3. The van der Waals surface area contributed by atoms with Crippen LogP contribution in [-0.4, -0.2) is 30.1 Å². The zero-order valence-electron chi connectivity index (χ0n) is 11.8. The molecule has 0 atom stereocenters. The number of aromatic amines is 2. The Balaban J connectivity index is 0.000000131. The van der Waals surface area contributed by atoms with Crippen LogP contribution in [0.25, 0.3) is 22.1 Å². The van der Waals surface area contributed by atoms with Crippen LogP contribution in [0.1, 0.15) is 11.4 Å². The third kappa shape index (κ3) is 2.98. The fraction of sp³-hybridized carbons (Fsp3) is 0.125. The summed E-state index contributed by atoms with van der Waals surface area (Å²) in [5.74, 6) is 0. The van der Waals surface area contributed by atoms with Gasteiger partial charge in [0.2, 0.25) is 0 Å². The van der Waals surface area contributed by atoms with E-state index < -0.39 is 0 Å². The van der Waals surface area contributed by atoms with Gasteiger partial charge in [0, 0.05) is 34.6 Å². The van der Waals surface area contributed by atoms with Crippen molar-refractivity contribution in [2.24, 2.45) is 0 Å². The summed E-state index contributed by atoms with van der Waals surface area (Å²) in [5, 5.41) is 19.6. The highest BCUT2D eigenvalue weighted by Crippen LogP contribution is 2.12. The van der Waals surface area contributed by atoms with E-state index >= 15 is 0 Å². The van der Waals surface area contributed by atoms with Gasteiger partial charge < -0.3 is 20.2 Å². The van der Waals surface area contributed by atoms with Crippen LogP contribution >= 0.6 is 0 Å². The Kier molecular flexibility index (Phi) is 4.13. The van der Waals surface area contributed by atoms with Crippen LogP contribution in [0.2, 0.25) is 0 Å². The molecule has 0 aliphatic rings. The van der Waals surface area contributed by atoms with Crippen LogP contribution in [0.15, 0.2) is 48.8 Å². The van der Waals surface area contributed by atoms with E-state index in [0.29, 0.717) is 0 Å². The third-order valence-electron chi connectivity index (χ3n) is 3.24. The van der Waals surface area contributed by atoms with Crippen molar-refractivity contribution in [1.82, 2.24) is 19.9 Å². The number of H-pyrrole nitrogens is 2. The fourth-order valence-corrected chi connectivity index (χ4v) is 2.20. The van der Waals surface area contributed by atoms with Gasteiger partial charge in [-0.1, -0.05) is 0 Å². The van der Waals surface area contributed by atoms with Gasteiger partial charge >= 0.3 is 0 Å². The summed E-state index contributed by atoms with van der Waals surface area (Å²) in [6.45, 7) is 0.0761. The Morgan fingerprint density at radius 1 is 0.773 bits per heavy atom. The maximum Gasteiger partial charge on any atom is 0.137 e. The van der Waals surface area contributed by atoms with Crippen LogP contribution in [0, 0.1) is 0 Å². The summed E-state index contributed by atoms with van der Waals surface area (Å²) in [7, 11) is 0. The average molecular weight is 296 g/mol. The van der Waals surface area contributed by atoms with Gasteiger partial charge in [-0.15, -0.1) is 0 Å². The first kappa shape index (κ1) is 14.2. The van der Waals surface area contributed by atoms with Crippen molar-refractivity contribution in [3.05, 3.63) is 60.2 Å². The van der Waals surface area contributed by atoms with Gasteiger partial charge in [-0.3, -0.25) is 0 Å². The number of fused-ring (bicyclic) bond motifs is 2. The van der Waals surface area contributed by atoms with E-state index in [-0.39, 0.29) is 13.2 Å². The number of hydrogen-bond donors (Lipinski definition) is 4. The number of nitrogens with zero attached hydrogens (tertiary/aromatic N) is 2. The second-order valence-electron chi connectivity index (χ2n) is 4.79. The molecule has 4 rings (SSSR count). The topological polar surface area (TPSA) is 97.8 Å². The fourth-order valence-electron chi connectivity index (χ4n) is 2.20. The maximum absolute atomic E-state index is 8.78. The zero-order valence-corrected chi connectivity index (χ0v) is 11.8. The van der Waals surface area contributed by atoms with E-state index in [4.69, 9.17) is 10.2 Å². The van der Waals surface area contributed by atoms with Gasteiger partial charge in [0.05, 0.1) is 13.2 Å². The lowest BCUT2D eigenvalue weighted by Crippen LogP contribution is -1.80. The molecule has 0 unspecified atom stereocenters. The molecule has 0 aliphatic carbocycles. The number of nitrogens with one attached hydrogen (secondary N) is 2. The molecule has 112 valence electrons. The van der Waals surface area contributed by atoms with Crippen molar-refractivity contribution in [3.8, 4) is 0 Å². The van der Waals surface area contributed by atoms with Crippen molar-refractivity contribution in [2.45, 2.75) is 13.2 Å². The molecular weight excluding hydrogens is 280 g/mol. The summed E-state index contributed by atoms with van der Waals surface area (Å²) in [5.41, 5.74) is 3.27. The molecule has 0 spiro atoms. The molecule has 0 amide bonds. The molecule has 0 aliphatic heterocycles. The Morgan fingerprint density at radius 2 is 1.23 bits per heavy atom. The first-order valence-corrected chi connectivity index (χ1v) is 6.87. The van der Waals surface area contributed by atoms with Gasteiger partial charge in [0.15, 0.2) is 0 Å². The van der Waals surface area contributed by atoms with Crippen molar-refractivity contribution in [1.29, 1.82) is 0 Å². The van der Waals surface area contributed by atoms with Crippen molar-refractivity contribution in [3.63, 3.8) is 0 Å². The van der Waals surface area contributed by atoms with E-state index in [1.165, 1.54) is 0 Å². The second kappa shape index (κ2) is 6.38. The molecule has 0 saturated heterocycles. The molecule has 0 fully saturated rings. The number of aromatic nitrogens is 4. The molecule has 0 saturated carbocycles. The summed E-state index contributed by atoms with van der Waals surface area (Å²) >= 11 is 0. The molecule has 6 heteroatoms.